The van der Waals surface area contributed by atoms with E-state index in [1.54, 1.807) is 12.1 Å². The van der Waals surface area contributed by atoms with Gasteiger partial charge in [0.2, 0.25) is 0 Å². The number of hydrogen-bond acceptors (Lipinski definition) is 6. The van der Waals surface area contributed by atoms with E-state index in [2.05, 4.69) is 9.80 Å². The molecule has 2 aliphatic heterocycles. The first kappa shape index (κ1) is 17.1. The standard InChI is InChI=1S/C17H26N4O3/c1-13-10-15(21(22)23)2-3-17(13)19-6-4-14(5-7-19)20-8-9-24-16(11-18)12-20/h2-3,10,14,16H,4-9,11-12,18H2,1H3. The average Bonchev–Trinajstić information content (AvgIpc) is 2.62. The molecule has 2 fully saturated rings. The summed E-state index contributed by atoms with van der Waals surface area (Å²) >= 11 is 0. The molecule has 2 saturated heterocycles. The minimum Gasteiger partial charge on any atom is -0.374 e. The lowest BCUT2D eigenvalue weighted by molar-refractivity contribution is -0.384. The van der Waals surface area contributed by atoms with Gasteiger partial charge in [-0.25, -0.2) is 0 Å². The Morgan fingerprint density at radius 3 is 2.71 bits per heavy atom. The number of anilines is 1. The van der Waals surface area contributed by atoms with Gasteiger partial charge < -0.3 is 15.4 Å². The number of nitrogens with two attached hydrogens (primary N) is 1. The van der Waals surface area contributed by atoms with E-state index in [4.69, 9.17) is 10.5 Å². The fourth-order valence-electron chi connectivity index (χ4n) is 3.80. The van der Waals surface area contributed by atoms with Crippen molar-refractivity contribution in [3.05, 3.63) is 33.9 Å². The highest BCUT2D eigenvalue weighted by Crippen LogP contribution is 2.28. The normalized spacial score (nSPS) is 23.4. The molecule has 7 nitrogen and oxygen atoms in total. The largest absolute Gasteiger partial charge is 0.374 e. The minimum absolute atomic E-state index is 0.160. The lowest BCUT2D eigenvalue weighted by Crippen LogP contribution is -2.53. The molecule has 132 valence electrons. The van der Waals surface area contributed by atoms with Crippen molar-refractivity contribution in [2.45, 2.75) is 31.9 Å². The SMILES string of the molecule is Cc1cc([N+](=O)[O-])ccc1N1CCC(N2CCOC(CN)C2)CC1. The van der Waals surface area contributed by atoms with Crippen LogP contribution in [0, 0.1) is 17.0 Å². The molecule has 0 bridgehead atoms. The summed E-state index contributed by atoms with van der Waals surface area (Å²) in [5.41, 5.74) is 7.98. The number of ether oxygens (including phenoxy) is 1. The Bertz CT molecular complexity index is 587. The summed E-state index contributed by atoms with van der Waals surface area (Å²) < 4.78 is 5.65. The van der Waals surface area contributed by atoms with Crippen LogP contribution in [0.2, 0.25) is 0 Å². The number of hydrogen-bond donors (Lipinski definition) is 1. The maximum atomic E-state index is 10.9. The number of morpholine rings is 1. The van der Waals surface area contributed by atoms with E-state index in [0.29, 0.717) is 12.6 Å². The molecule has 1 atom stereocenters. The number of nitro benzene ring substituents is 1. The van der Waals surface area contributed by atoms with Crippen LogP contribution in [0.4, 0.5) is 11.4 Å². The van der Waals surface area contributed by atoms with Crippen LogP contribution in [0.1, 0.15) is 18.4 Å². The first-order valence-corrected chi connectivity index (χ1v) is 8.64. The van der Waals surface area contributed by atoms with Crippen molar-refractivity contribution in [3.63, 3.8) is 0 Å². The predicted octanol–water partition coefficient (Wildman–Crippen LogP) is 1.53. The van der Waals surface area contributed by atoms with Gasteiger partial charge in [-0.1, -0.05) is 0 Å². The van der Waals surface area contributed by atoms with E-state index in [1.807, 2.05) is 13.0 Å². The van der Waals surface area contributed by atoms with E-state index < -0.39 is 0 Å². The summed E-state index contributed by atoms with van der Waals surface area (Å²) in [6.45, 7) is 7.17. The Morgan fingerprint density at radius 1 is 1.33 bits per heavy atom. The molecular weight excluding hydrogens is 308 g/mol. The molecule has 2 N–H and O–H groups in total. The number of aryl methyl sites for hydroxylation is 1. The van der Waals surface area contributed by atoms with Crippen LogP contribution in [0.5, 0.6) is 0 Å². The first-order chi connectivity index (χ1) is 11.6. The summed E-state index contributed by atoms with van der Waals surface area (Å²) in [5, 5.41) is 10.9. The number of non-ortho nitro benzene ring substituents is 1. The van der Waals surface area contributed by atoms with Gasteiger partial charge in [-0.15, -0.1) is 0 Å². The Hall–Kier alpha value is -1.70. The molecule has 3 rings (SSSR count). The average molecular weight is 334 g/mol. The van der Waals surface area contributed by atoms with Crippen molar-refractivity contribution in [1.29, 1.82) is 0 Å². The van der Waals surface area contributed by atoms with Gasteiger partial charge in [0.25, 0.3) is 5.69 Å². The van der Waals surface area contributed by atoms with Gasteiger partial charge in [-0.2, -0.15) is 0 Å². The zero-order valence-corrected chi connectivity index (χ0v) is 14.2. The molecule has 2 aliphatic rings. The molecule has 0 aliphatic carbocycles. The van der Waals surface area contributed by atoms with Crippen molar-refractivity contribution in [2.24, 2.45) is 5.73 Å². The monoisotopic (exact) mass is 334 g/mol. The van der Waals surface area contributed by atoms with Crippen LogP contribution in [-0.2, 0) is 4.74 Å². The van der Waals surface area contributed by atoms with Gasteiger partial charge in [0.15, 0.2) is 0 Å². The third-order valence-electron chi connectivity index (χ3n) is 5.15. The van der Waals surface area contributed by atoms with Crippen molar-refractivity contribution < 1.29 is 9.66 Å². The van der Waals surface area contributed by atoms with Gasteiger partial charge in [-0.3, -0.25) is 15.0 Å². The maximum Gasteiger partial charge on any atom is 0.269 e. The molecule has 0 aromatic heterocycles. The van der Waals surface area contributed by atoms with Crippen molar-refractivity contribution in [3.8, 4) is 0 Å². The molecule has 24 heavy (non-hydrogen) atoms. The van der Waals surface area contributed by atoms with Crippen molar-refractivity contribution >= 4 is 11.4 Å². The third kappa shape index (κ3) is 3.68. The van der Waals surface area contributed by atoms with Crippen LogP contribution in [0.3, 0.4) is 0 Å². The number of nitro groups is 1. The van der Waals surface area contributed by atoms with Gasteiger partial charge >= 0.3 is 0 Å². The topological polar surface area (TPSA) is 84.9 Å². The number of rotatable bonds is 4. The first-order valence-electron chi connectivity index (χ1n) is 8.64. The molecule has 2 heterocycles. The fraction of sp³-hybridized carbons (Fsp3) is 0.647. The Balaban J connectivity index is 1.60. The van der Waals surface area contributed by atoms with Gasteiger partial charge in [0.05, 0.1) is 17.6 Å². The van der Waals surface area contributed by atoms with Gasteiger partial charge in [-0.05, 0) is 31.4 Å². The summed E-state index contributed by atoms with van der Waals surface area (Å²) in [7, 11) is 0. The smallest absolute Gasteiger partial charge is 0.269 e. The fourth-order valence-corrected chi connectivity index (χ4v) is 3.80. The summed E-state index contributed by atoms with van der Waals surface area (Å²) in [6.07, 6.45) is 2.37. The van der Waals surface area contributed by atoms with Crippen molar-refractivity contribution in [2.75, 3.05) is 44.2 Å². The molecule has 1 aromatic carbocycles. The number of piperidine rings is 1. The van der Waals surface area contributed by atoms with E-state index in [9.17, 15) is 10.1 Å². The van der Waals surface area contributed by atoms with Crippen LogP contribution in [0.15, 0.2) is 18.2 Å². The van der Waals surface area contributed by atoms with Crippen LogP contribution >= 0.6 is 0 Å². The highest BCUT2D eigenvalue weighted by molar-refractivity contribution is 5.57. The summed E-state index contributed by atoms with van der Waals surface area (Å²) in [4.78, 5) is 15.4. The number of nitrogens with zero attached hydrogens (tertiary/aromatic N) is 3. The second kappa shape index (κ2) is 7.46. The molecule has 0 amide bonds. The Morgan fingerprint density at radius 2 is 2.08 bits per heavy atom. The van der Waals surface area contributed by atoms with E-state index in [1.165, 1.54) is 0 Å². The molecule has 7 heteroatoms. The molecule has 1 aromatic rings. The second-order valence-corrected chi connectivity index (χ2v) is 6.67. The van der Waals surface area contributed by atoms with E-state index in [-0.39, 0.29) is 16.7 Å². The zero-order valence-electron chi connectivity index (χ0n) is 14.2. The lowest BCUT2D eigenvalue weighted by atomic mass is 10.0. The van der Waals surface area contributed by atoms with E-state index in [0.717, 1.165) is 56.9 Å². The second-order valence-electron chi connectivity index (χ2n) is 6.67. The summed E-state index contributed by atoms with van der Waals surface area (Å²) in [6, 6.07) is 5.72. The minimum atomic E-state index is -0.338. The highest BCUT2D eigenvalue weighted by Gasteiger charge is 2.29. The summed E-state index contributed by atoms with van der Waals surface area (Å²) in [5.74, 6) is 0. The quantitative estimate of drug-likeness (QED) is 0.664. The van der Waals surface area contributed by atoms with Gasteiger partial charge in [0.1, 0.15) is 0 Å². The lowest BCUT2D eigenvalue weighted by Gasteiger charge is -2.42. The number of benzene rings is 1. The molecule has 0 spiro atoms. The van der Waals surface area contributed by atoms with E-state index >= 15 is 0 Å². The molecular formula is C17H26N4O3. The Kier molecular flexibility index (Phi) is 5.33. The highest BCUT2D eigenvalue weighted by atomic mass is 16.6. The molecule has 0 radical (unpaired) electrons. The Labute approximate surface area is 142 Å². The third-order valence-corrected chi connectivity index (χ3v) is 5.15. The molecule has 1 unspecified atom stereocenters. The van der Waals surface area contributed by atoms with Crippen LogP contribution in [-0.4, -0.2) is 61.3 Å². The predicted molar refractivity (Wildman–Crippen MR) is 93.4 cm³/mol. The van der Waals surface area contributed by atoms with Crippen molar-refractivity contribution in [1.82, 2.24) is 4.90 Å². The maximum absolute atomic E-state index is 10.9. The van der Waals surface area contributed by atoms with Crippen LogP contribution < -0.4 is 10.6 Å². The van der Waals surface area contributed by atoms with Crippen LogP contribution in [0.25, 0.3) is 0 Å². The molecule has 0 saturated carbocycles. The zero-order chi connectivity index (χ0) is 17.1. The van der Waals surface area contributed by atoms with Gasteiger partial charge in [0, 0.05) is 56.6 Å².